The van der Waals surface area contributed by atoms with Gasteiger partial charge in [-0.05, 0) is 25.5 Å². The molecule has 20 heavy (non-hydrogen) atoms. The number of nitrogens with zero attached hydrogens (tertiary/aromatic N) is 1. The van der Waals surface area contributed by atoms with Crippen molar-refractivity contribution in [3.8, 4) is 5.75 Å². The molecule has 112 valence electrons. The molecule has 1 heterocycles. The number of halogens is 1. The van der Waals surface area contributed by atoms with Gasteiger partial charge >= 0.3 is 0 Å². The molecule has 3 N–H and O–H groups in total. The van der Waals surface area contributed by atoms with Gasteiger partial charge in [0.15, 0.2) is 0 Å². The molecule has 0 aromatic heterocycles. The molecule has 2 rings (SSSR count). The quantitative estimate of drug-likeness (QED) is 0.864. The van der Waals surface area contributed by atoms with Gasteiger partial charge in [-0.1, -0.05) is 12.1 Å². The van der Waals surface area contributed by atoms with Crippen LogP contribution in [-0.4, -0.2) is 43.1 Å². The second-order valence-corrected chi connectivity index (χ2v) is 4.76. The number of hydrogen-bond donors (Lipinski definition) is 2. The zero-order chi connectivity index (χ0) is 13.7. The standard InChI is InChI=1S/C14H21N3O2.ClH/c1-2-19-13-6-4-3-5-12(13)16-14(18)10-17-8-7-11(15)9-17;/h3-6,11H,2,7-10,15H2,1H3,(H,16,18);1H. The van der Waals surface area contributed by atoms with Crippen molar-refractivity contribution in [1.82, 2.24) is 4.90 Å². The normalized spacial score (nSPS) is 18.4. The Balaban J connectivity index is 0.00000200. The van der Waals surface area contributed by atoms with Crippen LogP contribution in [0.1, 0.15) is 13.3 Å². The van der Waals surface area contributed by atoms with E-state index in [-0.39, 0.29) is 24.4 Å². The molecule has 1 aliphatic rings. The summed E-state index contributed by atoms with van der Waals surface area (Å²) in [4.78, 5) is 14.1. The Bertz CT molecular complexity index is 442. The Morgan fingerprint density at radius 1 is 1.50 bits per heavy atom. The molecule has 1 aromatic rings. The van der Waals surface area contributed by atoms with E-state index in [1.165, 1.54) is 0 Å². The van der Waals surface area contributed by atoms with Crippen molar-refractivity contribution in [2.24, 2.45) is 5.73 Å². The van der Waals surface area contributed by atoms with E-state index in [1.54, 1.807) is 0 Å². The second-order valence-electron chi connectivity index (χ2n) is 4.76. The first-order valence-electron chi connectivity index (χ1n) is 6.68. The van der Waals surface area contributed by atoms with Gasteiger partial charge in [0, 0.05) is 19.1 Å². The van der Waals surface area contributed by atoms with Crippen LogP contribution in [0.5, 0.6) is 5.75 Å². The van der Waals surface area contributed by atoms with Crippen molar-refractivity contribution < 1.29 is 9.53 Å². The fourth-order valence-electron chi connectivity index (χ4n) is 2.25. The SMILES string of the molecule is CCOc1ccccc1NC(=O)CN1CCC(N)C1.Cl. The number of ether oxygens (including phenoxy) is 1. The largest absolute Gasteiger partial charge is 0.492 e. The molecule has 0 saturated carbocycles. The second kappa shape index (κ2) is 8.09. The fourth-order valence-corrected chi connectivity index (χ4v) is 2.25. The lowest BCUT2D eigenvalue weighted by Crippen LogP contribution is -2.33. The zero-order valence-corrected chi connectivity index (χ0v) is 12.5. The zero-order valence-electron chi connectivity index (χ0n) is 11.7. The number of carbonyl (C=O) groups is 1. The number of nitrogens with two attached hydrogens (primary N) is 1. The summed E-state index contributed by atoms with van der Waals surface area (Å²) in [5.41, 5.74) is 6.54. The van der Waals surface area contributed by atoms with Gasteiger partial charge in [-0.15, -0.1) is 12.4 Å². The van der Waals surface area contributed by atoms with E-state index < -0.39 is 0 Å². The highest BCUT2D eigenvalue weighted by molar-refractivity contribution is 5.93. The van der Waals surface area contributed by atoms with Crippen LogP contribution in [0.2, 0.25) is 0 Å². The summed E-state index contributed by atoms with van der Waals surface area (Å²) >= 11 is 0. The highest BCUT2D eigenvalue weighted by Crippen LogP contribution is 2.23. The van der Waals surface area contributed by atoms with Crippen molar-refractivity contribution in [3.63, 3.8) is 0 Å². The molecule has 1 amide bonds. The summed E-state index contributed by atoms with van der Waals surface area (Å²) < 4.78 is 5.48. The van der Waals surface area contributed by atoms with Crippen molar-refractivity contribution in [2.45, 2.75) is 19.4 Å². The molecule has 5 nitrogen and oxygen atoms in total. The monoisotopic (exact) mass is 299 g/mol. The number of carbonyl (C=O) groups excluding carboxylic acids is 1. The van der Waals surface area contributed by atoms with Crippen LogP contribution in [0.15, 0.2) is 24.3 Å². The Hall–Kier alpha value is -1.30. The van der Waals surface area contributed by atoms with Gasteiger partial charge in [0.2, 0.25) is 5.91 Å². The molecular formula is C14H22ClN3O2. The lowest BCUT2D eigenvalue weighted by Gasteiger charge is -2.16. The lowest BCUT2D eigenvalue weighted by atomic mass is 10.3. The third-order valence-corrected chi connectivity index (χ3v) is 3.14. The molecule has 1 aliphatic heterocycles. The van der Waals surface area contributed by atoms with Crippen LogP contribution < -0.4 is 15.8 Å². The number of benzene rings is 1. The van der Waals surface area contributed by atoms with E-state index in [0.29, 0.717) is 18.9 Å². The highest BCUT2D eigenvalue weighted by atomic mass is 35.5. The highest BCUT2D eigenvalue weighted by Gasteiger charge is 2.21. The number of para-hydroxylation sites is 2. The number of anilines is 1. The molecule has 1 aromatic carbocycles. The molecule has 6 heteroatoms. The average molecular weight is 300 g/mol. The van der Waals surface area contributed by atoms with Crippen LogP contribution in [-0.2, 0) is 4.79 Å². The predicted octanol–water partition coefficient (Wildman–Crippen LogP) is 1.48. The molecule has 0 spiro atoms. The molecular weight excluding hydrogens is 278 g/mol. The Kier molecular flexibility index (Phi) is 6.78. The summed E-state index contributed by atoms with van der Waals surface area (Å²) in [5, 5.41) is 2.89. The van der Waals surface area contributed by atoms with Crippen LogP contribution in [0.25, 0.3) is 0 Å². The first-order chi connectivity index (χ1) is 9.19. The van der Waals surface area contributed by atoms with Gasteiger partial charge in [0.25, 0.3) is 0 Å². The van der Waals surface area contributed by atoms with Crippen molar-refractivity contribution in [3.05, 3.63) is 24.3 Å². The van der Waals surface area contributed by atoms with Gasteiger partial charge in [-0.3, -0.25) is 9.69 Å². The van der Waals surface area contributed by atoms with E-state index in [0.717, 1.165) is 25.2 Å². The van der Waals surface area contributed by atoms with E-state index >= 15 is 0 Å². The smallest absolute Gasteiger partial charge is 0.238 e. The van der Waals surface area contributed by atoms with E-state index in [4.69, 9.17) is 10.5 Å². The molecule has 0 aliphatic carbocycles. The molecule has 1 saturated heterocycles. The Morgan fingerprint density at radius 3 is 2.90 bits per heavy atom. The first kappa shape index (κ1) is 16.8. The maximum atomic E-state index is 12.0. The number of likely N-dealkylation sites (tertiary alicyclic amines) is 1. The molecule has 0 bridgehead atoms. The minimum Gasteiger partial charge on any atom is -0.492 e. The topological polar surface area (TPSA) is 67.6 Å². The summed E-state index contributed by atoms with van der Waals surface area (Å²) in [6.45, 7) is 4.56. The van der Waals surface area contributed by atoms with Gasteiger partial charge < -0.3 is 15.8 Å². The maximum Gasteiger partial charge on any atom is 0.238 e. The van der Waals surface area contributed by atoms with Gasteiger partial charge in [-0.25, -0.2) is 0 Å². The van der Waals surface area contributed by atoms with Crippen LogP contribution in [0.3, 0.4) is 0 Å². The number of nitrogens with one attached hydrogen (secondary N) is 1. The number of rotatable bonds is 5. The van der Waals surface area contributed by atoms with E-state index in [1.807, 2.05) is 31.2 Å². The van der Waals surface area contributed by atoms with Crippen molar-refractivity contribution in [2.75, 3.05) is 31.6 Å². The fraction of sp³-hybridized carbons (Fsp3) is 0.500. The van der Waals surface area contributed by atoms with Gasteiger partial charge in [0.05, 0.1) is 18.8 Å². The first-order valence-corrected chi connectivity index (χ1v) is 6.68. The average Bonchev–Trinajstić information content (AvgIpc) is 2.77. The summed E-state index contributed by atoms with van der Waals surface area (Å²) in [7, 11) is 0. The predicted molar refractivity (Wildman–Crippen MR) is 82.5 cm³/mol. The minimum atomic E-state index is -0.0266. The summed E-state index contributed by atoms with van der Waals surface area (Å²) in [5.74, 6) is 0.678. The third-order valence-electron chi connectivity index (χ3n) is 3.14. The van der Waals surface area contributed by atoms with Crippen LogP contribution >= 0.6 is 12.4 Å². The Morgan fingerprint density at radius 2 is 2.25 bits per heavy atom. The van der Waals surface area contributed by atoms with E-state index in [9.17, 15) is 4.79 Å². The van der Waals surface area contributed by atoms with Crippen LogP contribution in [0, 0.1) is 0 Å². The van der Waals surface area contributed by atoms with Crippen LogP contribution in [0.4, 0.5) is 5.69 Å². The molecule has 0 radical (unpaired) electrons. The molecule has 1 unspecified atom stereocenters. The molecule has 1 fully saturated rings. The third kappa shape index (κ3) is 4.67. The maximum absolute atomic E-state index is 12.0. The minimum absolute atomic E-state index is 0. The van der Waals surface area contributed by atoms with Gasteiger partial charge in [-0.2, -0.15) is 0 Å². The molecule has 1 atom stereocenters. The van der Waals surface area contributed by atoms with E-state index in [2.05, 4.69) is 10.2 Å². The Labute approximate surface area is 125 Å². The summed E-state index contributed by atoms with van der Waals surface area (Å²) in [6.07, 6.45) is 0.961. The number of hydrogen-bond acceptors (Lipinski definition) is 4. The van der Waals surface area contributed by atoms with Crippen molar-refractivity contribution in [1.29, 1.82) is 0 Å². The lowest BCUT2D eigenvalue weighted by molar-refractivity contribution is -0.117. The number of amides is 1. The van der Waals surface area contributed by atoms with Crippen molar-refractivity contribution >= 4 is 24.0 Å². The van der Waals surface area contributed by atoms with Gasteiger partial charge in [0.1, 0.15) is 5.75 Å². The summed E-state index contributed by atoms with van der Waals surface area (Å²) in [6, 6.07) is 7.66.